The summed E-state index contributed by atoms with van der Waals surface area (Å²) in [7, 11) is 1.84. The second kappa shape index (κ2) is 9.69. The third kappa shape index (κ3) is 5.80. The minimum absolute atomic E-state index is 0. The highest BCUT2D eigenvalue weighted by molar-refractivity contribution is 14.0. The SMILES string of the molecule is CCOC(=O)C1CCN(C(=NC)NCC2(C)CCCC2)CC1.I. The summed E-state index contributed by atoms with van der Waals surface area (Å²) in [4.78, 5) is 18.5. The van der Waals surface area contributed by atoms with E-state index < -0.39 is 0 Å². The number of carbonyl (C=O) groups is 1. The van der Waals surface area contributed by atoms with Crippen LogP contribution in [0.2, 0.25) is 0 Å². The minimum atomic E-state index is -0.0384. The lowest BCUT2D eigenvalue weighted by molar-refractivity contribution is -0.149. The van der Waals surface area contributed by atoms with E-state index >= 15 is 0 Å². The van der Waals surface area contributed by atoms with Crippen molar-refractivity contribution < 1.29 is 9.53 Å². The number of hydrogen-bond acceptors (Lipinski definition) is 3. The zero-order valence-electron chi connectivity index (χ0n) is 14.8. The molecule has 2 fully saturated rings. The van der Waals surface area contributed by atoms with E-state index in [4.69, 9.17) is 4.74 Å². The van der Waals surface area contributed by atoms with Crippen molar-refractivity contribution in [2.75, 3.05) is 33.3 Å². The van der Waals surface area contributed by atoms with Crippen molar-refractivity contribution in [2.45, 2.75) is 52.4 Å². The van der Waals surface area contributed by atoms with Gasteiger partial charge in [0.05, 0.1) is 12.5 Å². The van der Waals surface area contributed by atoms with Crippen LogP contribution in [0.4, 0.5) is 0 Å². The second-order valence-electron chi connectivity index (χ2n) is 6.93. The topological polar surface area (TPSA) is 53.9 Å². The molecule has 134 valence electrons. The van der Waals surface area contributed by atoms with Crippen LogP contribution in [0, 0.1) is 11.3 Å². The maximum Gasteiger partial charge on any atom is 0.309 e. The average Bonchev–Trinajstić information content (AvgIpc) is 2.96. The summed E-state index contributed by atoms with van der Waals surface area (Å²) in [6.45, 7) is 7.45. The third-order valence-electron chi connectivity index (χ3n) is 5.11. The molecule has 2 aliphatic rings. The first-order valence-corrected chi connectivity index (χ1v) is 8.70. The predicted octanol–water partition coefficient (Wildman–Crippen LogP) is 3.04. The van der Waals surface area contributed by atoms with Crippen molar-refractivity contribution in [3.05, 3.63) is 0 Å². The molecule has 0 aromatic carbocycles. The first-order chi connectivity index (χ1) is 10.6. The molecule has 1 saturated heterocycles. The normalized spacial score (nSPS) is 21.7. The monoisotopic (exact) mass is 437 g/mol. The maximum atomic E-state index is 11.8. The molecule has 23 heavy (non-hydrogen) atoms. The van der Waals surface area contributed by atoms with Gasteiger partial charge in [0.25, 0.3) is 0 Å². The van der Waals surface area contributed by atoms with Crippen LogP contribution < -0.4 is 5.32 Å². The molecule has 5 nitrogen and oxygen atoms in total. The Morgan fingerprint density at radius 1 is 1.30 bits per heavy atom. The number of nitrogens with one attached hydrogen (secondary N) is 1. The summed E-state index contributed by atoms with van der Waals surface area (Å²) in [5, 5.41) is 3.55. The van der Waals surface area contributed by atoms with E-state index in [0.29, 0.717) is 12.0 Å². The molecule has 0 amide bonds. The number of guanidine groups is 1. The molecular weight excluding hydrogens is 405 g/mol. The third-order valence-corrected chi connectivity index (χ3v) is 5.11. The van der Waals surface area contributed by atoms with E-state index in [1.165, 1.54) is 25.7 Å². The van der Waals surface area contributed by atoms with Crippen LogP contribution in [0.15, 0.2) is 4.99 Å². The number of likely N-dealkylation sites (tertiary alicyclic amines) is 1. The van der Waals surface area contributed by atoms with Crippen molar-refractivity contribution >= 4 is 35.9 Å². The van der Waals surface area contributed by atoms with Gasteiger partial charge in [-0.05, 0) is 38.0 Å². The Bertz CT molecular complexity index is 401. The Morgan fingerprint density at radius 3 is 2.43 bits per heavy atom. The Morgan fingerprint density at radius 2 is 1.91 bits per heavy atom. The van der Waals surface area contributed by atoms with Crippen molar-refractivity contribution in [3.8, 4) is 0 Å². The number of nitrogens with zero attached hydrogens (tertiary/aromatic N) is 2. The van der Waals surface area contributed by atoms with Gasteiger partial charge in [-0.25, -0.2) is 0 Å². The molecule has 1 heterocycles. The van der Waals surface area contributed by atoms with Crippen LogP contribution in [-0.2, 0) is 9.53 Å². The number of ether oxygens (including phenoxy) is 1. The lowest BCUT2D eigenvalue weighted by Crippen LogP contribution is -2.48. The van der Waals surface area contributed by atoms with E-state index in [1.807, 2.05) is 14.0 Å². The average molecular weight is 437 g/mol. The first kappa shape index (κ1) is 20.5. The second-order valence-corrected chi connectivity index (χ2v) is 6.93. The quantitative estimate of drug-likeness (QED) is 0.318. The zero-order valence-corrected chi connectivity index (χ0v) is 17.1. The van der Waals surface area contributed by atoms with Crippen molar-refractivity contribution in [2.24, 2.45) is 16.3 Å². The molecule has 1 N–H and O–H groups in total. The van der Waals surface area contributed by atoms with Crippen LogP contribution in [0.25, 0.3) is 0 Å². The highest BCUT2D eigenvalue weighted by atomic mass is 127. The standard InChI is InChI=1S/C17H31N3O2.HI/c1-4-22-15(21)14-7-11-20(12-8-14)16(18-3)19-13-17(2)9-5-6-10-17;/h14H,4-13H2,1-3H3,(H,18,19);1H. The largest absolute Gasteiger partial charge is 0.466 e. The summed E-state index contributed by atoms with van der Waals surface area (Å²) >= 11 is 0. The van der Waals surface area contributed by atoms with E-state index in [9.17, 15) is 4.79 Å². The number of carbonyl (C=O) groups excluding carboxylic acids is 1. The molecule has 6 heteroatoms. The summed E-state index contributed by atoms with van der Waals surface area (Å²) < 4.78 is 5.13. The van der Waals surface area contributed by atoms with Gasteiger partial charge in [-0.2, -0.15) is 0 Å². The molecule has 0 aromatic heterocycles. The molecular formula is C17H32IN3O2. The van der Waals surface area contributed by atoms with E-state index in [0.717, 1.165) is 38.4 Å². The molecule has 1 saturated carbocycles. The molecule has 0 unspecified atom stereocenters. The fourth-order valence-electron chi connectivity index (χ4n) is 3.62. The lowest BCUT2D eigenvalue weighted by Gasteiger charge is -2.35. The molecule has 0 aromatic rings. The molecule has 1 aliphatic carbocycles. The van der Waals surface area contributed by atoms with Gasteiger partial charge >= 0.3 is 5.97 Å². The molecule has 0 radical (unpaired) electrons. The van der Waals surface area contributed by atoms with Gasteiger partial charge in [0, 0.05) is 26.7 Å². The van der Waals surface area contributed by atoms with E-state index in [2.05, 4.69) is 22.1 Å². The van der Waals surface area contributed by atoms with Crippen molar-refractivity contribution in [3.63, 3.8) is 0 Å². The Balaban J connectivity index is 0.00000264. The number of aliphatic imine (C=N–C) groups is 1. The minimum Gasteiger partial charge on any atom is -0.466 e. The highest BCUT2D eigenvalue weighted by Crippen LogP contribution is 2.36. The van der Waals surface area contributed by atoms with Crippen LogP contribution in [0.3, 0.4) is 0 Å². The van der Waals surface area contributed by atoms with Gasteiger partial charge in [0.2, 0.25) is 0 Å². The summed E-state index contributed by atoms with van der Waals surface area (Å²) in [5.74, 6) is 1.00. The number of esters is 1. The Hall–Kier alpha value is -0.530. The summed E-state index contributed by atoms with van der Waals surface area (Å²) in [5.41, 5.74) is 0.416. The van der Waals surface area contributed by atoms with Crippen LogP contribution in [-0.4, -0.2) is 50.1 Å². The summed E-state index contributed by atoms with van der Waals surface area (Å²) in [6, 6.07) is 0. The fourth-order valence-corrected chi connectivity index (χ4v) is 3.62. The van der Waals surface area contributed by atoms with Crippen molar-refractivity contribution in [1.29, 1.82) is 0 Å². The van der Waals surface area contributed by atoms with Crippen LogP contribution in [0.5, 0.6) is 0 Å². The van der Waals surface area contributed by atoms with Crippen molar-refractivity contribution in [1.82, 2.24) is 10.2 Å². The molecule has 0 bridgehead atoms. The molecule has 2 rings (SSSR count). The number of hydrogen-bond donors (Lipinski definition) is 1. The van der Waals surface area contributed by atoms with Gasteiger partial charge < -0.3 is 15.0 Å². The zero-order chi connectivity index (χ0) is 16.0. The van der Waals surface area contributed by atoms with E-state index in [-0.39, 0.29) is 35.9 Å². The molecule has 0 spiro atoms. The predicted molar refractivity (Wildman–Crippen MR) is 104 cm³/mol. The number of rotatable bonds is 4. The lowest BCUT2D eigenvalue weighted by atomic mass is 9.89. The van der Waals surface area contributed by atoms with E-state index in [1.54, 1.807) is 0 Å². The maximum absolute atomic E-state index is 11.8. The summed E-state index contributed by atoms with van der Waals surface area (Å²) in [6.07, 6.45) is 7.03. The Kier molecular flexibility index (Phi) is 8.64. The molecule has 0 atom stereocenters. The van der Waals surface area contributed by atoms with Gasteiger partial charge in [-0.3, -0.25) is 9.79 Å². The number of piperidine rings is 1. The first-order valence-electron chi connectivity index (χ1n) is 8.70. The van der Waals surface area contributed by atoms with Gasteiger partial charge in [0.15, 0.2) is 5.96 Å². The highest BCUT2D eigenvalue weighted by Gasteiger charge is 2.31. The van der Waals surface area contributed by atoms with Gasteiger partial charge in [0.1, 0.15) is 0 Å². The van der Waals surface area contributed by atoms with Gasteiger partial charge in [-0.15, -0.1) is 24.0 Å². The number of halogens is 1. The smallest absolute Gasteiger partial charge is 0.309 e. The van der Waals surface area contributed by atoms with Crippen LogP contribution in [0.1, 0.15) is 52.4 Å². The molecule has 1 aliphatic heterocycles. The van der Waals surface area contributed by atoms with Crippen LogP contribution >= 0.6 is 24.0 Å². The Labute approximate surface area is 157 Å². The fraction of sp³-hybridized carbons (Fsp3) is 0.882. The van der Waals surface area contributed by atoms with Gasteiger partial charge in [-0.1, -0.05) is 19.8 Å².